The van der Waals surface area contributed by atoms with Crippen molar-refractivity contribution in [2.45, 2.75) is 19.8 Å². The normalized spacial score (nSPS) is 10.0. The van der Waals surface area contributed by atoms with Crippen LogP contribution in [0.15, 0.2) is 18.2 Å². The summed E-state index contributed by atoms with van der Waals surface area (Å²) in [7, 11) is 4.91. The average Bonchev–Trinajstić information content (AvgIpc) is 2.42. The van der Waals surface area contributed by atoms with Crippen LogP contribution in [0.4, 0.5) is 0 Å². The highest BCUT2D eigenvalue weighted by atomic mass is 16.5. The third kappa shape index (κ3) is 3.15. The van der Waals surface area contributed by atoms with Gasteiger partial charge in [0.15, 0.2) is 11.5 Å². The van der Waals surface area contributed by atoms with E-state index in [-0.39, 0.29) is 5.91 Å². The summed E-state index contributed by atoms with van der Waals surface area (Å²) in [6.45, 7) is 2.85. The van der Waals surface area contributed by atoms with Crippen molar-refractivity contribution in [1.82, 2.24) is 4.90 Å². The molecule has 0 heterocycles. The minimum absolute atomic E-state index is 0.0424. The lowest BCUT2D eigenvalue weighted by atomic mass is 10.1. The number of rotatable bonds is 6. The molecule has 0 aliphatic rings. The number of benzene rings is 1. The van der Waals surface area contributed by atoms with Crippen LogP contribution in [0, 0.1) is 0 Å². The molecule has 1 aromatic rings. The first-order valence-corrected chi connectivity index (χ1v) is 6.12. The molecule has 1 amide bonds. The molecule has 0 N–H and O–H groups in total. The minimum atomic E-state index is -0.0424. The summed E-state index contributed by atoms with van der Waals surface area (Å²) < 4.78 is 10.5. The van der Waals surface area contributed by atoms with E-state index < -0.39 is 0 Å². The Bertz CT molecular complexity index is 404. The number of hydrogen-bond acceptors (Lipinski definition) is 3. The Balaban J connectivity index is 2.97. The van der Waals surface area contributed by atoms with Gasteiger partial charge in [0.25, 0.3) is 5.91 Å². The zero-order valence-electron chi connectivity index (χ0n) is 11.5. The maximum absolute atomic E-state index is 12.3. The van der Waals surface area contributed by atoms with E-state index in [0.717, 1.165) is 19.4 Å². The van der Waals surface area contributed by atoms with Gasteiger partial charge in [-0.25, -0.2) is 0 Å². The van der Waals surface area contributed by atoms with E-state index in [9.17, 15) is 4.79 Å². The zero-order chi connectivity index (χ0) is 13.5. The third-order valence-electron chi connectivity index (χ3n) is 2.83. The maximum atomic E-state index is 12.3. The van der Waals surface area contributed by atoms with Gasteiger partial charge in [-0.05, 0) is 18.6 Å². The Kier molecular flexibility index (Phi) is 5.49. The van der Waals surface area contributed by atoms with Gasteiger partial charge in [-0.1, -0.05) is 19.4 Å². The van der Waals surface area contributed by atoms with Crippen LogP contribution in [0.2, 0.25) is 0 Å². The summed E-state index contributed by atoms with van der Waals surface area (Å²) in [5.74, 6) is 1.03. The van der Waals surface area contributed by atoms with Crippen LogP contribution < -0.4 is 9.47 Å². The van der Waals surface area contributed by atoms with Crippen molar-refractivity contribution < 1.29 is 14.3 Å². The van der Waals surface area contributed by atoms with E-state index in [2.05, 4.69) is 6.92 Å². The van der Waals surface area contributed by atoms with Crippen molar-refractivity contribution in [2.24, 2.45) is 0 Å². The molecule has 0 atom stereocenters. The smallest absolute Gasteiger partial charge is 0.257 e. The summed E-state index contributed by atoms with van der Waals surface area (Å²) >= 11 is 0. The molecule has 0 fully saturated rings. The molecular weight excluding hydrogens is 230 g/mol. The SMILES string of the molecule is CCCCN(C)C(=O)c1cccc(OC)c1OC. The highest BCUT2D eigenvalue weighted by molar-refractivity contribution is 5.97. The van der Waals surface area contributed by atoms with Gasteiger partial charge in [0.2, 0.25) is 0 Å². The number of unbranched alkanes of at least 4 members (excludes halogenated alkanes) is 1. The fourth-order valence-electron chi connectivity index (χ4n) is 1.76. The van der Waals surface area contributed by atoms with Crippen LogP contribution in [-0.2, 0) is 0 Å². The molecule has 0 unspecified atom stereocenters. The van der Waals surface area contributed by atoms with E-state index in [1.165, 1.54) is 0 Å². The molecule has 0 bridgehead atoms. The maximum Gasteiger partial charge on any atom is 0.257 e. The van der Waals surface area contributed by atoms with Crippen LogP contribution in [0.3, 0.4) is 0 Å². The molecule has 4 heteroatoms. The van der Waals surface area contributed by atoms with Crippen molar-refractivity contribution in [1.29, 1.82) is 0 Å². The standard InChI is InChI=1S/C14H21NO3/c1-5-6-10-15(2)14(16)11-8-7-9-12(17-3)13(11)18-4/h7-9H,5-6,10H2,1-4H3. The van der Waals surface area contributed by atoms with Crippen molar-refractivity contribution in [2.75, 3.05) is 27.8 Å². The number of methoxy groups -OCH3 is 2. The first-order valence-electron chi connectivity index (χ1n) is 6.12. The van der Waals surface area contributed by atoms with Gasteiger partial charge in [0.05, 0.1) is 19.8 Å². The van der Waals surface area contributed by atoms with Gasteiger partial charge in [0.1, 0.15) is 0 Å². The van der Waals surface area contributed by atoms with E-state index in [1.54, 1.807) is 44.4 Å². The number of carbonyl (C=O) groups excluding carboxylic acids is 1. The van der Waals surface area contributed by atoms with Gasteiger partial charge in [-0.3, -0.25) is 4.79 Å². The second-order valence-corrected chi connectivity index (χ2v) is 4.12. The number of nitrogens with zero attached hydrogens (tertiary/aromatic N) is 1. The second-order valence-electron chi connectivity index (χ2n) is 4.12. The number of amides is 1. The highest BCUT2D eigenvalue weighted by Gasteiger charge is 2.19. The predicted molar refractivity (Wildman–Crippen MR) is 71.4 cm³/mol. The van der Waals surface area contributed by atoms with Crippen molar-refractivity contribution in [3.8, 4) is 11.5 Å². The van der Waals surface area contributed by atoms with Crippen LogP contribution in [0.25, 0.3) is 0 Å². The summed E-state index contributed by atoms with van der Waals surface area (Å²) in [6, 6.07) is 5.33. The Morgan fingerprint density at radius 2 is 2.00 bits per heavy atom. The fourth-order valence-corrected chi connectivity index (χ4v) is 1.76. The molecule has 0 aliphatic carbocycles. The van der Waals surface area contributed by atoms with Gasteiger partial charge >= 0.3 is 0 Å². The van der Waals surface area contributed by atoms with Crippen molar-refractivity contribution in [3.05, 3.63) is 23.8 Å². The lowest BCUT2D eigenvalue weighted by Gasteiger charge is -2.19. The van der Waals surface area contributed by atoms with Crippen LogP contribution in [-0.4, -0.2) is 38.6 Å². The Labute approximate surface area is 108 Å². The van der Waals surface area contributed by atoms with Gasteiger partial charge < -0.3 is 14.4 Å². The highest BCUT2D eigenvalue weighted by Crippen LogP contribution is 2.31. The molecule has 100 valence electrons. The first kappa shape index (κ1) is 14.4. The molecule has 0 aromatic heterocycles. The summed E-state index contributed by atoms with van der Waals surface area (Å²) in [5, 5.41) is 0. The lowest BCUT2D eigenvalue weighted by Crippen LogP contribution is -2.28. The lowest BCUT2D eigenvalue weighted by molar-refractivity contribution is 0.0789. The van der Waals surface area contributed by atoms with Gasteiger partial charge in [-0.2, -0.15) is 0 Å². The number of hydrogen-bond donors (Lipinski definition) is 0. The molecule has 0 saturated heterocycles. The Hall–Kier alpha value is -1.71. The third-order valence-corrected chi connectivity index (χ3v) is 2.83. The molecule has 0 aliphatic heterocycles. The number of ether oxygens (including phenoxy) is 2. The van der Waals surface area contributed by atoms with Crippen molar-refractivity contribution >= 4 is 5.91 Å². The Morgan fingerprint density at radius 3 is 2.56 bits per heavy atom. The van der Waals surface area contributed by atoms with Gasteiger partial charge in [-0.15, -0.1) is 0 Å². The predicted octanol–water partition coefficient (Wildman–Crippen LogP) is 2.58. The molecule has 18 heavy (non-hydrogen) atoms. The molecule has 4 nitrogen and oxygen atoms in total. The topological polar surface area (TPSA) is 38.8 Å². The quantitative estimate of drug-likeness (QED) is 0.780. The fraction of sp³-hybridized carbons (Fsp3) is 0.500. The van der Waals surface area contributed by atoms with E-state index in [4.69, 9.17) is 9.47 Å². The zero-order valence-corrected chi connectivity index (χ0v) is 11.5. The molecule has 0 radical (unpaired) electrons. The van der Waals surface area contributed by atoms with E-state index in [1.807, 2.05) is 0 Å². The molecule has 0 saturated carbocycles. The molecular formula is C14H21NO3. The molecule has 1 rings (SSSR count). The largest absolute Gasteiger partial charge is 0.493 e. The Morgan fingerprint density at radius 1 is 1.28 bits per heavy atom. The van der Waals surface area contributed by atoms with E-state index >= 15 is 0 Å². The second kappa shape index (κ2) is 6.89. The number of para-hydroxylation sites is 1. The monoisotopic (exact) mass is 251 g/mol. The van der Waals surface area contributed by atoms with Gasteiger partial charge in [0, 0.05) is 13.6 Å². The van der Waals surface area contributed by atoms with Crippen LogP contribution >= 0.6 is 0 Å². The number of carbonyl (C=O) groups is 1. The summed E-state index contributed by atoms with van der Waals surface area (Å²) in [6.07, 6.45) is 2.06. The summed E-state index contributed by atoms with van der Waals surface area (Å²) in [5.41, 5.74) is 0.537. The van der Waals surface area contributed by atoms with Crippen LogP contribution in [0.5, 0.6) is 11.5 Å². The molecule has 1 aromatic carbocycles. The van der Waals surface area contributed by atoms with E-state index in [0.29, 0.717) is 17.1 Å². The molecule has 0 spiro atoms. The summed E-state index contributed by atoms with van der Waals surface area (Å²) in [4.78, 5) is 14.0. The van der Waals surface area contributed by atoms with Crippen LogP contribution in [0.1, 0.15) is 30.1 Å². The first-order chi connectivity index (χ1) is 8.65. The minimum Gasteiger partial charge on any atom is -0.493 e. The average molecular weight is 251 g/mol. The van der Waals surface area contributed by atoms with Crippen molar-refractivity contribution in [3.63, 3.8) is 0 Å².